The average molecular weight is 294 g/mol. The molecule has 0 aromatic rings. The van der Waals surface area contributed by atoms with Crippen molar-refractivity contribution in [1.29, 1.82) is 0 Å². The molecule has 0 unspecified atom stereocenters. The summed E-state index contributed by atoms with van der Waals surface area (Å²) in [6.45, 7) is 3.64. The second-order valence-electron chi connectivity index (χ2n) is 4.02. The van der Waals surface area contributed by atoms with Gasteiger partial charge >= 0.3 is 12.2 Å². The van der Waals surface area contributed by atoms with Gasteiger partial charge in [-0.25, -0.2) is 18.0 Å². The number of sulfone groups is 1. The molecule has 0 saturated carbocycles. The molecule has 0 bridgehead atoms. The number of carbonyl (C=O) groups is 2. The van der Waals surface area contributed by atoms with E-state index in [4.69, 9.17) is 0 Å². The van der Waals surface area contributed by atoms with Gasteiger partial charge in [0.15, 0.2) is 9.84 Å². The maximum absolute atomic E-state index is 11.5. The topological polar surface area (TPSA) is 111 Å². The van der Waals surface area contributed by atoms with Crippen LogP contribution in [0.15, 0.2) is 0 Å². The zero-order valence-corrected chi connectivity index (χ0v) is 11.7. The van der Waals surface area contributed by atoms with Crippen LogP contribution in [-0.2, 0) is 19.3 Å². The van der Waals surface area contributed by atoms with Crippen LogP contribution in [0.3, 0.4) is 0 Å². The molecule has 1 aliphatic heterocycles. The van der Waals surface area contributed by atoms with Crippen molar-refractivity contribution in [3.05, 3.63) is 0 Å². The van der Waals surface area contributed by atoms with Crippen LogP contribution >= 0.6 is 0 Å². The Morgan fingerprint density at radius 2 is 1.37 bits per heavy atom. The Morgan fingerprint density at radius 1 is 1.00 bits per heavy atom. The minimum atomic E-state index is -3.31. The first kappa shape index (κ1) is 15.5. The van der Waals surface area contributed by atoms with Gasteiger partial charge < -0.3 is 20.1 Å². The average Bonchev–Trinajstić information content (AvgIpc) is 2.53. The lowest BCUT2D eigenvalue weighted by Crippen LogP contribution is -2.51. The molecule has 0 aliphatic carbocycles. The molecule has 9 heteroatoms. The maximum Gasteiger partial charge on any atom is 0.407 e. The van der Waals surface area contributed by atoms with Crippen LogP contribution in [-0.4, -0.2) is 57.4 Å². The van der Waals surface area contributed by atoms with Crippen LogP contribution < -0.4 is 10.6 Å². The molecule has 110 valence electrons. The fourth-order valence-corrected chi connectivity index (χ4v) is 3.64. The molecule has 1 rings (SSSR count). The van der Waals surface area contributed by atoms with Gasteiger partial charge in [-0.15, -0.1) is 0 Å². The van der Waals surface area contributed by atoms with Crippen molar-refractivity contribution in [3.63, 3.8) is 0 Å². The summed E-state index contributed by atoms with van der Waals surface area (Å²) in [4.78, 5) is 22.6. The summed E-state index contributed by atoms with van der Waals surface area (Å²) in [6.07, 6.45) is -1.42. The number of hydrogen-bond acceptors (Lipinski definition) is 6. The SMILES string of the molecule is CCOC(=O)N[C@@H]1CS(=O)(=O)C[C@H]1NC(=O)OCC. The van der Waals surface area contributed by atoms with Gasteiger partial charge in [0.1, 0.15) is 0 Å². The minimum Gasteiger partial charge on any atom is -0.450 e. The first-order valence-corrected chi connectivity index (χ1v) is 7.77. The largest absolute Gasteiger partial charge is 0.450 e. The number of carbonyl (C=O) groups excluding carboxylic acids is 2. The first-order chi connectivity index (χ1) is 8.88. The molecule has 8 nitrogen and oxygen atoms in total. The number of hydrogen-bond donors (Lipinski definition) is 2. The summed E-state index contributed by atoms with van der Waals surface area (Å²) in [7, 11) is -3.31. The van der Waals surface area contributed by atoms with E-state index in [1.807, 2.05) is 0 Å². The van der Waals surface area contributed by atoms with Crippen molar-refractivity contribution in [2.45, 2.75) is 25.9 Å². The van der Waals surface area contributed by atoms with Crippen LogP contribution in [0.1, 0.15) is 13.8 Å². The highest BCUT2D eigenvalue weighted by Gasteiger charge is 2.39. The molecule has 2 N–H and O–H groups in total. The summed E-state index contributed by atoms with van der Waals surface area (Å²) in [5.74, 6) is -0.466. The van der Waals surface area contributed by atoms with E-state index < -0.39 is 34.1 Å². The summed E-state index contributed by atoms with van der Waals surface area (Å²) in [6, 6.07) is -1.43. The van der Waals surface area contributed by atoms with Crippen LogP contribution in [0.4, 0.5) is 9.59 Å². The zero-order chi connectivity index (χ0) is 14.5. The Kier molecular flexibility index (Phi) is 5.40. The van der Waals surface area contributed by atoms with Gasteiger partial charge in [-0.05, 0) is 13.8 Å². The summed E-state index contributed by atoms with van der Waals surface area (Å²) in [5.41, 5.74) is 0. The normalized spacial score (nSPS) is 24.5. The van der Waals surface area contributed by atoms with Gasteiger partial charge in [-0.1, -0.05) is 0 Å². The third-order valence-electron chi connectivity index (χ3n) is 2.51. The molecule has 1 fully saturated rings. The predicted molar refractivity (Wildman–Crippen MR) is 66.5 cm³/mol. The van der Waals surface area contributed by atoms with Crippen LogP contribution in [0.25, 0.3) is 0 Å². The maximum atomic E-state index is 11.5. The molecular formula is C10H18N2O6S. The molecule has 0 aromatic carbocycles. The molecular weight excluding hydrogens is 276 g/mol. The van der Waals surface area contributed by atoms with E-state index in [2.05, 4.69) is 20.1 Å². The molecule has 0 aromatic heterocycles. The van der Waals surface area contributed by atoms with E-state index in [0.717, 1.165) is 0 Å². The highest BCUT2D eigenvalue weighted by atomic mass is 32.2. The number of nitrogens with one attached hydrogen (secondary N) is 2. The monoisotopic (exact) mass is 294 g/mol. The summed E-state index contributed by atoms with van der Waals surface area (Å²) >= 11 is 0. The Balaban J connectivity index is 2.65. The number of rotatable bonds is 4. The molecule has 19 heavy (non-hydrogen) atoms. The third-order valence-corrected chi connectivity index (χ3v) is 4.24. The van der Waals surface area contributed by atoms with Gasteiger partial charge in [0.05, 0.1) is 36.8 Å². The van der Waals surface area contributed by atoms with Gasteiger partial charge in [0.2, 0.25) is 0 Å². The van der Waals surface area contributed by atoms with Gasteiger partial charge in [-0.3, -0.25) is 0 Å². The Morgan fingerprint density at radius 3 is 1.68 bits per heavy atom. The van der Waals surface area contributed by atoms with E-state index >= 15 is 0 Å². The molecule has 1 aliphatic rings. The fraction of sp³-hybridized carbons (Fsp3) is 0.800. The van der Waals surface area contributed by atoms with Crippen molar-refractivity contribution in [1.82, 2.24) is 10.6 Å². The Hall–Kier alpha value is -1.51. The van der Waals surface area contributed by atoms with Gasteiger partial charge in [-0.2, -0.15) is 0 Å². The standard InChI is InChI=1S/C10H18N2O6S/c1-3-17-9(13)11-7-5-19(15,16)6-8(7)12-10(14)18-4-2/h7-8H,3-6H2,1-2H3,(H,11,13)(H,12,14)/t7-,8-/m1/s1. The summed E-state index contributed by atoms with van der Waals surface area (Å²) < 4.78 is 32.5. The van der Waals surface area contributed by atoms with Crippen LogP contribution in [0.5, 0.6) is 0 Å². The summed E-state index contributed by atoms with van der Waals surface area (Å²) in [5, 5.41) is 4.84. The van der Waals surface area contributed by atoms with Gasteiger partial charge in [0.25, 0.3) is 0 Å². The van der Waals surface area contributed by atoms with E-state index in [0.29, 0.717) is 0 Å². The molecule has 1 saturated heterocycles. The minimum absolute atomic E-state index is 0.182. The highest BCUT2D eigenvalue weighted by Crippen LogP contribution is 2.13. The van der Waals surface area contributed by atoms with Crippen LogP contribution in [0.2, 0.25) is 0 Å². The van der Waals surface area contributed by atoms with Gasteiger partial charge in [0, 0.05) is 0 Å². The first-order valence-electron chi connectivity index (χ1n) is 5.95. The molecule has 2 atom stereocenters. The second kappa shape index (κ2) is 6.60. The second-order valence-corrected chi connectivity index (χ2v) is 6.17. The Labute approximate surface area is 111 Å². The zero-order valence-electron chi connectivity index (χ0n) is 10.8. The molecule has 1 heterocycles. The predicted octanol–water partition coefficient (Wildman–Crippen LogP) is -0.356. The van der Waals surface area contributed by atoms with Crippen molar-refractivity contribution in [2.24, 2.45) is 0 Å². The molecule has 2 amide bonds. The lowest BCUT2D eigenvalue weighted by Gasteiger charge is -2.19. The van der Waals surface area contributed by atoms with E-state index in [1.54, 1.807) is 13.8 Å². The highest BCUT2D eigenvalue weighted by molar-refractivity contribution is 7.91. The van der Waals surface area contributed by atoms with Crippen molar-refractivity contribution >= 4 is 22.0 Å². The van der Waals surface area contributed by atoms with Crippen LogP contribution in [0, 0.1) is 0 Å². The lowest BCUT2D eigenvalue weighted by molar-refractivity contribution is 0.139. The van der Waals surface area contributed by atoms with Crippen molar-refractivity contribution in [2.75, 3.05) is 24.7 Å². The lowest BCUT2D eigenvalue weighted by atomic mass is 10.2. The quantitative estimate of drug-likeness (QED) is 0.733. The molecule has 0 spiro atoms. The number of amides is 2. The third kappa shape index (κ3) is 4.93. The van der Waals surface area contributed by atoms with Crippen molar-refractivity contribution < 1.29 is 27.5 Å². The fourth-order valence-electron chi connectivity index (χ4n) is 1.78. The van der Waals surface area contributed by atoms with Crippen molar-refractivity contribution in [3.8, 4) is 0 Å². The van der Waals surface area contributed by atoms with E-state index in [-0.39, 0.29) is 24.7 Å². The molecule has 0 radical (unpaired) electrons. The Bertz CT molecular complexity index is 401. The number of alkyl carbamates (subject to hydrolysis) is 2. The number of ether oxygens (including phenoxy) is 2. The van der Waals surface area contributed by atoms with E-state index in [9.17, 15) is 18.0 Å². The smallest absolute Gasteiger partial charge is 0.407 e. The van der Waals surface area contributed by atoms with E-state index in [1.165, 1.54) is 0 Å².